The Bertz CT molecular complexity index is 644. The predicted molar refractivity (Wildman–Crippen MR) is 92.0 cm³/mol. The lowest BCUT2D eigenvalue weighted by Crippen LogP contribution is -2.54. The fraction of sp³-hybridized carbons (Fsp3) is 0.529. The number of carbonyl (C=O) groups is 2. The van der Waals surface area contributed by atoms with E-state index >= 15 is 0 Å². The lowest BCUT2D eigenvalue weighted by Gasteiger charge is -2.35. The van der Waals surface area contributed by atoms with E-state index in [4.69, 9.17) is 16.3 Å². The maximum atomic E-state index is 13.2. The SMILES string of the molecule is O=C(Nc1ccc(F)c(Cl)c1)C1CCN(C(=O)C2COCCN2)CC1. The molecule has 0 aromatic heterocycles. The number of morpholine rings is 1. The van der Waals surface area contributed by atoms with Gasteiger partial charge >= 0.3 is 0 Å². The van der Waals surface area contributed by atoms with E-state index in [1.807, 2.05) is 0 Å². The van der Waals surface area contributed by atoms with E-state index in [1.165, 1.54) is 18.2 Å². The molecule has 136 valence electrons. The highest BCUT2D eigenvalue weighted by molar-refractivity contribution is 6.31. The molecule has 0 spiro atoms. The molecule has 8 heteroatoms. The van der Waals surface area contributed by atoms with Gasteiger partial charge in [-0.3, -0.25) is 9.59 Å². The lowest BCUT2D eigenvalue weighted by molar-refractivity contribution is -0.139. The summed E-state index contributed by atoms with van der Waals surface area (Å²) in [6.07, 6.45) is 1.19. The molecule has 2 aliphatic heterocycles. The zero-order valence-electron chi connectivity index (χ0n) is 13.8. The van der Waals surface area contributed by atoms with Crippen molar-refractivity contribution in [2.24, 2.45) is 5.92 Å². The molecule has 1 atom stereocenters. The molecular weight excluding hydrogens is 349 g/mol. The molecule has 2 N–H and O–H groups in total. The van der Waals surface area contributed by atoms with Crippen LogP contribution in [0.25, 0.3) is 0 Å². The van der Waals surface area contributed by atoms with E-state index in [9.17, 15) is 14.0 Å². The van der Waals surface area contributed by atoms with Crippen LogP contribution in [0.1, 0.15) is 12.8 Å². The first kappa shape index (κ1) is 18.1. The van der Waals surface area contributed by atoms with Crippen molar-refractivity contribution in [2.45, 2.75) is 18.9 Å². The van der Waals surface area contributed by atoms with Gasteiger partial charge in [0.15, 0.2) is 0 Å². The van der Waals surface area contributed by atoms with Crippen LogP contribution in [0.15, 0.2) is 18.2 Å². The molecule has 0 bridgehead atoms. The molecule has 1 unspecified atom stereocenters. The van der Waals surface area contributed by atoms with Gasteiger partial charge in [0.05, 0.1) is 18.2 Å². The van der Waals surface area contributed by atoms with Gasteiger partial charge < -0.3 is 20.3 Å². The number of ether oxygens (including phenoxy) is 1. The number of nitrogens with one attached hydrogen (secondary N) is 2. The number of amides is 2. The normalized spacial score (nSPS) is 21.8. The molecule has 0 aliphatic carbocycles. The standard InChI is InChI=1S/C17H21ClFN3O3/c18-13-9-12(1-2-14(13)19)21-16(23)11-3-6-22(7-4-11)17(24)15-10-25-8-5-20-15/h1-2,9,11,15,20H,3-8,10H2,(H,21,23). The van der Waals surface area contributed by atoms with E-state index in [1.54, 1.807) is 4.90 Å². The summed E-state index contributed by atoms with van der Waals surface area (Å²) in [7, 11) is 0. The van der Waals surface area contributed by atoms with Crippen LogP contribution in [0.3, 0.4) is 0 Å². The van der Waals surface area contributed by atoms with Crippen molar-refractivity contribution in [3.05, 3.63) is 29.0 Å². The molecule has 1 aromatic carbocycles. The van der Waals surface area contributed by atoms with Crippen molar-refractivity contribution in [1.82, 2.24) is 10.2 Å². The Balaban J connectivity index is 1.50. The fourth-order valence-corrected chi connectivity index (χ4v) is 3.31. The summed E-state index contributed by atoms with van der Waals surface area (Å²) in [5, 5.41) is 5.89. The largest absolute Gasteiger partial charge is 0.378 e. The number of carbonyl (C=O) groups excluding carboxylic acids is 2. The third-order valence-corrected chi connectivity index (χ3v) is 4.87. The minimum absolute atomic E-state index is 0.0274. The van der Waals surface area contributed by atoms with Crippen molar-refractivity contribution >= 4 is 29.1 Å². The summed E-state index contributed by atoms with van der Waals surface area (Å²) in [4.78, 5) is 26.6. The third kappa shape index (κ3) is 4.48. The Kier molecular flexibility index (Phi) is 5.88. The first-order valence-corrected chi connectivity index (χ1v) is 8.78. The van der Waals surface area contributed by atoms with E-state index < -0.39 is 5.82 Å². The lowest BCUT2D eigenvalue weighted by atomic mass is 9.95. The average molecular weight is 370 g/mol. The van der Waals surface area contributed by atoms with E-state index in [2.05, 4.69) is 10.6 Å². The van der Waals surface area contributed by atoms with Crippen LogP contribution in [0.5, 0.6) is 0 Å². The van der Waals surface area contributed by atoms with Crippen LogP contribution in [0.2, 0.25) is 5.02 Å². The van der Waals surface area contributed by atoms with Crippen LogP contribution >= 0.6 is 11.6 Å². The number of hydrogen-bond acceptors (Lipinski definition) is 4. The summed E-state index contributed by atoms with van der Waals surface area (Å²) in [6, 6.07) is 3.80. The minimum atomic E-state index is -0.521. The van der Waals surface area contributed by atoms with Crippen molar-refractivity contribution in [1.29, 1.82) is 0 Å². The van der Waals surface area contributed by atoms with Crippen molar-refractivity contribution in [3.63, 3.8) is 0 Å². The number of benzene rings is 1. The Labute approximate surface area is 150 Å². The van der Waals surface area contributed by atoms with Gasteiger partial charge in [-0.05, 0) is 31.0 Å². The zero-order valence-corrected chi connectivity index (χ0v) is 14.5. The minimum Gasteiger partial charge on any atom is -0.378 e. The topological polar surface area (TPSA) is 70.7 Å². The number of halogens is 2. The van der Waals surface area contributed by atoms with Crippen molar-refractivity contribution in [2.75, 3.05) is 38.2 Å². The molecule has 2 aliphatic rings. The second kappa shape index (κ2) is 8.12. The number of likely N-dealkylation sites (tertiary alicyclic amines) is 1. The maximum absolute atomic E-state index is 13.2. The first-order valence-electron chi connectivity index (χ1n) is 8.40. The monoisotopic (exact) mass is 369 g/mol. The Hall–Kier alpha value is -1.70. The number of piperidine rings is 1. The van der Waals surface area contributed by atoms with Crippen molar-refractivity contribution in [3.8, 4) is 0 Å². The van der Waals surface area contributed by atoms with Gasteiger partial charge in [0.2, 0.25) is 11.8 Å². The zero-order chi connectivity index (χ0) is 17.8. The summed E-state index contributed by atoms with van der Waals surface area (Å²) in [6.45, 7) is 2.78. The van der Waals surface area contributed by atoms with E-state index in [-0.39, 0.29) is 28.8 Å². The molecule has 25 heavy (non-hydrogen) atoms. The number of anilines is 1. The highest BCUT2D eigenvalue weighted by Gasteiger charge is 2.31. The molecule has 0 saturated carbocycles. The molecule has 2 fully saturated rings. The van der Waals surface area contributed by atoms with Gasteiger partial charge in [-0.1, -0.05) is 11.6 Å². The quantitative estimate of drug-likeness (QED) is 0.849. The Morgan fingerprint density at radius 1 is 1.32 bits per heavy atom. The van der Waals surface area contributed by atoms with Crippen molar-refractivity contribution < 1.29 is 18.7 Å². The van der Waals surface area contributed by atoms with Crippen LogP contribution in [0, 0.1) is 11.7 Å². The summed E-state index contributed by atoms with van der Waals surface area (Å²) < 4.78 is 18.5. The van der Waals surface area contributed by atoms with Gasteiger partial charge in [0, 0.05) is 31.2 Å². The second-order valence-corrected chi connectivity index (χ2v) is 6.71. The van der Waals surface area contributed by atoms with Gasteiger partial charge in [0.25, 0.3) is 0 Å². The summed E-state index contributed by atoms with van der Waals surface area (Å²) in [5.41, 5.74) is 0.471. The highest BCUT2D eigenvalue weighted by atomic mass is 35.5. The third-order valence-electron chi connectivity index (χ3n) is 4.58. The number of rotatable bonds is 3. The summed E-state index contributed by atoms with van der Waals surface area (Å²) >= 11 is 5.72. The number of nitrogens with zero attached hydrogens (tertiary/aromatic N) is 1. The average Bonchev–Trinajstić information content (AvgIpc) is 2.65. The summed E-state index contributed by atoms with van der Waals surface area (Å²) in [5.74, 6) is -0.798. The molecule has 2 heterocycles. The molecule has 0 radical (unpaired) electrons. The molecule has 6 nitrogen and oxygen atoms in total. The van der Waals surface area contributed by atoms with Crippen LogP contribution in [-0.2, 0) is 14.3 Å². The second-order valence-electron chi connectivity index (χ2n) is 6.30. The highest BCUT2D eigenvalue weighted by Crippen LogP contribution is 2.23. The van der Waals surface area contributed by atoms with Gasteiger partial charge in [0.1, 0.15) is 11.9 Å². The Morgan fingerprint density at radius 2 is 2.08 bits per heavy atom. The first-order chi connectivity index (χ1) is 12.0. The van der Waals surface area contributed by atoms with Crippen LogP contribution in [-0.4, -0.2) is 55.6 Å². The molecule has 1 aromatic rings. The van der Waals surface area contributed by atoms with Crippen LogP contribution < -0.4 is 10.6 Å². The molecular formula is C17H21ClFN3O3. The molecule has 3 rings (SSSR count). The van der Waals surface area contributed by atoms with Gasteiger partial charge in [-0.25, -0.2) is 4.39 Å². The van der Waals surface area contributed by atoms with Gasteiger partial charge in [-0.2, -0.15) is 0 Å². The predicted octanol–water partition coefficient (Wildman–Crippen LogP) is 1.64. The Morgan fingerprint density at radius 3 is 2.72 bits per heavy atom. The molecule has 2 saturated heterocycles. The van der Waals surface area contributed by atoms with E-state index in [0.717, 1.165) is 0 Å². The smallest absolute Gasteiger partial charge is 0.242 e. The van der Waals surface area contributed by atoms with Crippen LogP contribution in [0.4, 0.5) is 10.1 Å². The number of hydrogen-bond donors (Lipinski definition) is 2. The van der Waals surface area contributed by atoms with Gasteiger partial charge in [-0.15, -0.1) is 0 Å². The fourth-order valence-electron chi connectivity index (χ4n) is 3.12. The molecule has 2 amide bonds. The van der Waals surface area contributed by atoms with E-state index in [0.29, 0.717) is 51.4 Å². The maximum Gasteiger partial charge on any atom is 0.242 e.